The van der Waals surface area contributed by atoms with Crippen LogP contribution < -0.4 is 11.1 Å². The molecule has 16 heavy (non-hydrogen) atoms. The number of thioether (sulfide) groups is 1. The predicted molar refractivity (Wildman–Crippen MR) is 67.9 cm³/mol. The smallest absolute Gasteiger partial charge is 0.237 e. The second kappa shape index (κ2) is 4.47. The quantitative estimate of drug-likeness (QED) is 0.826. The van der Waals surface area contributed by atoms with Gasteiger partial charge in [0.1, 0.15) is 0 Å². The molecule has 1 heterocycles. The Bertz CT molecular complexity index is 431. The highest BCUT2D eigenvalue weighted by molar-refractivity contribution is 8.01. The zero-order chi connectivity index (χ0) is 11.7. The number of hydrogen-bond donors (Lipinski definition) is 2. The lowest BCUT2D eigenvalue weighted by Gasteiger charge is -2.25. The van der Waals surface area contributed by atoms with E-state index in [0.717, 1.165) is 22.6 Å². The summed E-state index contributed by atoms with van der Waals surface area (Å²) in [6.07, 6.45) is 0.725. The number of carbonyl (C=O) groups is 1. The maximum Gasteiger partial charge on any atom is 0.237 e. The fourth-order valence-corrected chi connectivity index (χ4v) is 2.99. The minimum absolute atomic E-state index is 0.0420. The summed E-state index contributed by atoms with van der Waals surface area (Å²) in [6.45, 7) is 4.64. The van der Waals surface area contributed by atoms with Crippen LogP contribution in [0.4, 0.5) is 5.69 Å². The van der Waals surface area contributed by atoms with Gasteiger partial charge >= 0.3 is 0 Å². The maximum absolute atomic E-state index is 11.8. The van der Waals surface area contributed by atoms with E-state index >= 15 is 0 Å². The van der Waals surface area contributed by atoms with Crippen LogP contribution in [0, 0.1) is 13.8 Å². The van der Waals surface area contributed by atoms with E-state index in [1.165, 1.54) is 5.56 Å². The van der Waals surface area contributed by atoms with Crippen molar-refractivity contribution in [1.82, 2.24) is 0 Å². The van der Waals surface area contributed by atoms with E-state index < -0.39 is 0 Å². The Hall–Kier alpha value is -1.000. The van der Waals surface area contributed by atoms with Gasteiger partial charge in [0.2, 0.25) is 5.91 Å². The third kappa shape index (κ3) is 1.95. The summed E-state index contributed by atoms with van der Waals surface area (Å²) in [5.74, 6) is 0.0802. The van der Waals surface area contributed by atoms with Crippen LogP contribution in [0.25, 0.3) is 0 Å². The Kier molecular flexibility index (Phi) is 3.21. The lowest BCUT2D eigenvalue weighted by molar-refractivity contribution is -0.115. The maximum atomic E-state index is 11.8. The summed E-state index contributed by atoms with van der Waals surface area (Å²) >= 11 is 1.62. The summed E-state index contributed by atoms with van der Waals surface area (Å²) in [6, 6.07) is 4.17. The summed E-state index contributed by atoms with van der Waals surface area (Å²) < 4.78 is 0. The highest BCUT2D eigenvalue weighted by Gasteiger charge is 2.27. The number of fused-ring (bicyclic) bond motifs is 1. The van der Waals surface area contributed by atoms with Crippen molar-refractivity contribution in [2.45, 2.75) is 30.4 Å². The van der Waals surface area contributed by atoms with Gasteiger partial charge in [-0.1, -0.05) is 6.07 Å². The molecule has 86 valence electrons. The van der Waals surface area contributed by atoms with Gasteiger partial charge in [-0.15, -0.1) is 11.8 Å². The number of benzene rings is 1. The minimum Gasteiger partial charge on any atom is -0.330 e. The first-order valence-electron chi connectivity index (χ1n) is 5.41. The molecule has 0 bridgehead atoms. The predicted octanol–water partition coefficient (Wildman–Crippen LogP) is 2.07. The van der Waals surface area contributed by atoms with Crippen LogP contribution in [0.5, 0.6) is 0 Å². The molecule has 1 aliphatic rings. The lowest BCUT2D eigenvalue weighted by atomic mass is 10.1. The molecule has 4 heteroatoms. The molecule has 2 rings (SSSR count). The molecule has 3 nitrogen and oxygen atoms in total. The molecule has 0 saturated heterocycles. The number of amides is 1. The van der Waals surface area contributed by atoms with Gasteiger partial charge < -0.3 is 11.1 Å². The average molecular weight is 236 g/mol. The first-order valence-corrected chi connectivity index (χ1v) is 6.29. The van der Waals surface area contributed by atoms with Crippen LogP contribution in [0.1, 0.15) is 17.5 Å². The molecular formula is C12H16N2OS. The van der Waals surface area contributed by atoms with Crippen molar-refractivity contribution < 1.29 is 4.79 Å². The molecule has 1 aromatic rings. The standard InChI is InChI=1S/C12H16N2OS/c1-7-3-4-9-11(8(7)2)14-12(15)10(16-9)5-6-13/h3-4,10H,5-6,13H2,1-2H3,(H,14,15). The molecular weight excluding hydrogens is 220 g/mol. The van der Waals surface area contributed by atoms with Crippen molar-refractivity contribution >= 4 is 23.4 Å². The molecule has 0 radical (unpaired) electrons. The fourth-order valence-electron chi connectivity index (χ4n) is 1.80. The van der Waals surface area contributed by atoms with Crippen molar-refractivity contribution in [3.05, 3.63) is 23.3 Å². The molecule has 0 fully saturated rings. The average Bonchev–Trinajstić information content (AvgIpc) is 2.26. The highest BCUT2D eigenvalue weighted by Crippen LogP contribution is 2.39. The number of aryl methyl sites for hydroxylation is 1. The van der Waals surface area contributed by atoms with E-state index in [2.05, 4.69) is 24.4 Å². The monoisotopic (exact) mass is 236 g/mol. The van der Waals surface area contributed by atoms with Crippen molar-refractivity contribution in [2.24, 2.45) is 5.73 Å². The van der Waals surface area contributed by atoms with Crippen molar-refractivity contribution in [3.8, 4) is 0 Å². The number of hydrogen-bond acceptors (Lipinski definition) is 3. The van der Waals surface area contributed by atoms with Gasteiger partial charge in [-0.25, -0.2) is 0 Å². The second-order valence-electron chi connectivity index (χ2n) is 4.05. The molecule has 0 spiro atoms. The minimum atomic E-state index is -0.0420. The van der Waals surface area contributed by atoms with E-state index in [4.69, 9.17) is 5.73 Å². The zero-order valence-corrected chi connectivity index (χ0v) is 10.4. The third-order valence-corrected chi connectivity index (χ3v) is 4.26. The van der Waals surface area contributed by atoms with Crippen molar-refractivity contribution in [3.63, 3.8) is 0 Å². The molecule has 3 N–H and O–H groups in total. The van der Waals surface area contributed by atoms with Crippen LogP contribution in [-0.4, -0.2) is 17.7 Å². The van der Waals surface area contributed by atoms with E-state index in [1.54, 1.807) is 11.8 Å². The summed E-state index contributed by atoms with van der Waals surface area (Å²) in [5.41, 5.74) is 8.84. The molecule has 0 saturated carbocycles. The van der Waals surface area contributed by atoms with Crippen molar-refractivity contribution in [1.29, 1.82) is 0 Å². The summed E-state index contributed by atoms with van der Waals surface area (Å²) in [5, 5.41) is 2.95. The van der Waals surface area contributed by atoms with Gasteiger partial charge in [-0.05, 0) is 44.0 Å². The number of carbonyl (C=O) groups excluding carboxylic acids is 1. The fraction of sp³-hybridized carbons (Fsp3) is 0.417. The number of nitrogens with one attached hydrogen (secondary N) is 1. The third-order valence-electron chi connectivity index (χ3n) is 2.94. The van der Waals surface area contributed by atoms with Gasteiger partial charge in [0.05, 0.1) is 10.9 Å². The number of anilines is 1. The van der Waals surface area contributed by atoms with Crippen LogP contribution in [0.15, 0.2) is 17.0 Å². The van der Waals surface area contributed by atoms with Gasteiger partial charge in [0.15, 0.2) is 0 Å². The summed E-state index contributed by atoms with van der Waals surface area (Å²) in [4.78, 5) is 13.0. The van der Waals surface area contributed by atoms with Gasteiger partial charge in [0.25, 0.3) is 0 Å². The van der Waals surface area contributed by atoms with Crippen LogP contribution in [0.3, 0.4) is 0 Å². The normalized spacial score (nSPS) is 19.2. The first-order chi connectivity index (χ1) is 7.63. The first kappa shape index (κ1) is 11.5. The largest absolute Gasteiger partial charge is 0.330 e. The molecule has 0 aliphatic carbocycles. The van der Waals surface area contributed by atoms with E-state index in [1.807, 2.05) is 6.92 Å². The molecule has 1 aromatic carbocycles. The Labute approximate surface area is 99.8 Å². The molecule has 1 unspecified atom stereocenters. The highest BCUT2D eigenvalue weighted by atomic mass is 32.2. The molecule has 0 aromatic heterocycles. The van der Waals surface area contributed by atoms with Crippen LogP contribution >= 0.6 is 11.8 Å². The Balaban J connectivity index is 2.35. The van der Waals surface area contributed by atoms with Crippen molar-refractivity contribution in [2.75, 3.05) is 11.9 Å². The SMILES string of the molecule is Cc1ccc2c(c1C)NC(=O)C(CCN)S2. The van der Waals surface area contributed by atoms with Crippen LogP contribution in [-0.2, 0) is 4.79 Å². The van der Waals surface area contributed by atoms with E-state index in [-0.39, 0.29) is 11.2 Å². The topological polar surface area (TPSA) is 55.1 Å². The van der Waals surface area contributed by atoms with Gasteiger partial charge in [-0.3, -0.25) is 4.79 Å². The zero-order valence-electron chi connectivity index (χ0n) is 9.54. The van der Waals surface area contributed by atoms with Gasteiger partial charge in [0, 0.05) is 4.90 Å². The Morgan fingerprint density at radius 1 is 1.44 bits per heavy atom. The Morgan fingerprint density at radius 3 is 2.88 bits per heavy atom. The molecule has 1 aliphatic heterocycles. The van der Waals surface area contributed by atoms with E-state index in [9.17, 15) is 4.79 Å². The Morgan fingerprint density at radius 2 is 2.19 bits per heavy atom. The molecule has 1 amide bonds. The molecule has 1 atom stereocenters. The van der Waals surface area contributed by atoms with E-state index in [0.29, 0.717) is 6.54 Å². The second-order valence-corrected chi connectivity index (χ2v) is 5.30. The van der Waals surface area contributed by atoms with Gasteiger partial charge in [-0.2, -0.15) is 0 Å². The number of nitrogens with two attached hydrogens (primary N) is 1. The lowest BCUT2D eigenvalue weighted by Crippen LogP contribution is -2.31. The summed E-state index contributed by atoms with van der Waals surface area (Å²) in [7, 11) is 0. The van der Waals surface area contributed by atoms with Crippen LogP contribution in [0.2, 0.25) is 0 Å². The number of rotatable bonds is 2.